The molecule has 0 radical (unpaired) electrons. The molecular formula is C16H12ClF3O2. The van der Waals surface area contributed by atoms with E-state index in [2.05, 4.69) is 6.58 Å². The van der Waals surface area contributed by atoms with Crippen LogP contribution in [-0.2, 0) is 6.18 Å². The fraction of sp³-hybridized carbons (Fsp3) is 0.125. The quantitative estimate of drug-likeness (QED) is 0.745. The van der Waals surface area contributed by atoms with Crippen molar-refractivity contribution in [1.82, 2.24) is 0 Å². The van der Waals surface area contributed by atoms with E-state index in [-0.39, 0.29) is 11.5 Å². The Morgan fingerprint density at radius 1 is 1.14 bits per heavy atom. The molecule has 0 bridgehead atoms. The zero-order valence-electron chi connectivity index (χ0n) is 11.3. The van der Waals surface area contributed by atoms with Gasteiger partial charge < -0.3 is 9.84 Å². The van der Waals surface area contributed by atoms with Crippen molar-refractivity contribution < 1.29 is 23.0 Å². The summed E-state index contributed by atoms with van der Waals surface area (Å²) in [6.45, 7) is 3.40. The fourth-order valence-corrected chi connectivity index (χ4v) is 1.97. The Labute approximate surface area is 130 Å². The van der Waals surface area contributed by atoms with E-state index in [1.54, 1.807) is 24.3 Å². The maximum absolute atomic E-state index is 12.7. The molecule has 0 fully saturated rings. The number of ether oxygens (including phenoxy) is 1. The summed E-state index contributed by atoms with van der Waals surface area (Å²) in [6, 6.07) is 10.8. The lowest BCUT2D eigenvalue weighted by molar-refractivity contribution is -0.137. The number of aliphatic hydroxyl groups is 1. The van der Waals surface area contributed by atoms with Crippen LogP contribution in [0.3, 0.4) is 0 Å². The molecule has 0 aliphatic heterocycles. The summed E-state index contributed by atoms with van der Waals surface area (Å²) >= 11 is 5.78. The van der Waals surface area contributed by atoms with Crippen molar-refractivity contribution in [3.63, 3.8) is 0 Å². The highest BCUT2D eigenvalue weighted by Gasteiger charge is 2.31. The number of rotatable bonds is 4. The van der Waals surface area contributed by atoms with Crippen molar-refractivity contribution in [1.29, 1.82) is 0 Å². The summed E-state index contributed by atoms with van der Waals surface area (Å²) in [7, 11) is 0. The molecule has 2 nitrogen and oxygen atoms in total. The van der Waals surface area contributed by atoms with Crippen molar-refractivity contribution in [3.05, 3.63) is 77.0 Å². The molecular weight excluding hydrogens is 317 g/mol. The topological polar surface area (TPSA) is 29.5 Å². The van der Waals surface area contributed by atoms with Crippen molar-refractivity contribution >= 4 is 11.6 Å². The minimum atomic E-state index is -4.47. The first-order valence-corrected chi connectivity index (χ1v) is 6.62. The van der Waals surface area contributed by atoms with Crippen LogP contribution in [0.4, 0.5) is 13.2 Å². The van der Waals surface area contributed by atoms with Crippen LogP contribution in [0, 0.1) is 0 Å². The lowest BCUT2D eigenvalue weighted by Crippen LogP contribution is -2.11. The van der Waals surface area contributed by atoms with Crippen LogP contribution >= 0.6 is 11.6 Å². The van der Waals surface area contributed by atoms with Gasteiger partial charge in [0.2, 0.25) is 0 Å². The Morgan fingerprint density at radius 3 is 2.32 bits per heavy atom. The molecule has 0 amide bonds. The Kier molecular flexibility index (Phi) is 4.66. The van der Waals surface area contributed by atoms with Gasteiger partial charge in [0.25, 0.3) is 0 Å². The molecule has 1 N–H and O–H groups in total. The van der Waals surface area contributed by atoms with Gasteiger partial charge in [0.05, 0.1) is 5.56 Å². The number of aliphatic hydroxyl groups excluding tert-OH is 1. The standard InChI is InChI=1S/C16H12ClF3O2/c1-10(21)15(11-5-7-13(17)8-6-11)22-14-4-2-3-12(9-14)16(18,19)20/h2-9,15,21H,1H2. The zero-order chi connectivity index (χ0) is 16.3. The van der Waals surface area contributed by atoms with Crippen molar-refractivity contribution in [2.24, 2.45) is 0 Å². The number of hydrogen-bond acceptors (Lipinski definition) is 2. The Morgan fingerprint density at radius 2 is 1.77 bits per heavy atom. The van der Waals surface area contributed by atoms with Gasteiger partial charge in [0.15, 0.2) is 6.10 Å². The second-order valence-electron chi connectivity index (χ2n) is 4.57. The third-order valence-electron chi connectivity index (χ3n) is 2.89. The van der Waals surface area contributed by atoms with Crippen LogP contribution in [0.2, 0.25) is 5.02 Å². The van der Waals surface area contributed by atoms with E-state index in [1.807, 2.05) is 0 Å². The SMILES string of the molecule is C=C(O)C(Oc1cccc(C(F)(F)F)c1)c1ccc(Cl)cc1. The third-order valence-corrected chi connectivity index (χ3v) is 3.14. The van der Waals surface area contributed by atoms with Crippen LogP contribution in [0.15, 0.2) is 60.9 Å². The fourth-order valence-electron chi connectivity index (χ4n) is 1.85. The molecule has 2 rings (SSSR count). The van der Waals surface area contributed by atoms with Crippen LogP contribution in [-0.4, -0.2) is 5.11 Å². The molecule has 1 atom stereocenters. The smallest absolute Gasteiger partial charge is 0.416 e. The van der Waals surface area contributed by atoms with E-state index in [4.69, 9.17) is 16.3 Å². The van der Waals surface area contributed by atoms with E-state index in [1.165, 1.54) is 12.1 Å². The molecule has 6 heteroatoms. The van der Waals surface area contributed by atoms with Crippen LogP contribution in [0.1, 0.15) is 17.2 Å². The Bertz CT molecular complexity index is 666. The average Bonchev–Trinajstić information content (AvgIpc) is 2.45. The summed E-state index contributed by atoms with van der Waals surface area (Å²) in [6.07, 6.45) is -5.45. The molecule has 0 heterocycles. The van der Waals surface area contributed by atoms with Gasteiger partial charge in [-0.15, -0.1) is 0 Å². The van der Waals surface area contributed by atoms with E-state index < -0.39 is 17.8 Å². The predicted molar refractivity (Wildman–Crippen MR) is 78.0 cm³/mol. The first kappa shape index (κ1) is 16.2. The maximum Gasteiger partial charge on any atom is 0.416 e. The van der Waals surface area contributed by atoms with Crippen LogP contribution < -0.4 is 4.74 Å². The molecule has 0 spiro atoms. The van der Waals surface area contributed by atoms with Gasteiger partial charge in [0.1, 0.15) is 11.5 Å². The highest BCUT2D eigenvalue weighted by molar-refractivity contribution is 6.30. The van der Waals surface area contributed by atoms with Gasteiger partial charge in [-0.2, -0.15) is 13.2 Å². The van der Waals surface area contributed by atoms with Crippen molar-refractivity contribution in [2.45, 2.75) is 12.3 Å². The lowest BCUT2D eigenvalue weighted by Gasteiger charge is -2.19. The van der Waals surface area contributed by atoms with E-state index in [0.29, 0.717) is 10.6 Å². The largest absolute Gasteiger partial charge is 0.509 e. The Balaban J connectivity index is 2.29. The number of benzene rings is 2. The van der Waals surface area contributed by atoms with E-state index >= 15 is 0 Å². The van der Waals surface area contributed by atoms with Crippen LogP contribution in [0.5, 0.6) is 5.75 Å². The summed E-state index contributed by atoms with van der Waals surface area (Å²) in [5, 5.41) is 10.1. The molecule has 2 aromatic carbocycles. The third kappa shape index (κ3) is 3.95. The maximum atomic E-state index is 12.7. The number of halogens is 4. The predicted octanol–water partition coefficient (Wildman–Crippen LogP) is 5.55. The summed E-state index contributed by atoms with van der Waals surface area (Å²) < 4.78 is 43.5. The zero-order valence-corrected chi connectivity index (χ0v) is 12.0. The van der Waals surface area contributed by atoms with Gasteiger partial charge in [-0.3, -0.25) is 0 Å². The number of hydrogen-bond donors (Lipinski definition) is 1. The van der Waals surface area contributed by atoms with E-state index in [0.717, 1.165) is 12.1 Å². The minimum Gasteiger partial charge on any atom is -0.509 e. The monoisotopic (exact) mass is 328 g/mol. The van der Waals surface area contributed by atoms with Crippen molar-refractivity contribution in [2.75, 3.05) is 0 Å². The molecule has 0 saturated heterocycles. The molecule has 0 aromatic heterocycles. The highest BCUT2D eigenvalue weighted by atomic mass is 35.5. The van der Waals surface area contributed by atoms with Gasteiger partial charge in [0, 0.05) is 10.6 Å². The van der Waals surface area contributed by atoms with Gasteiger partial charge in [-0.25, -0.2) is 0 Å². The first-order chi connectivity index (χ1) is 10.3. The molecule has 0 aliphatic carbocycles. The molecule has 1 unspecified atom stereocenters. The van der Waals surface area contributed by atoms with Gasteiger partial charge in [-0.1, -0.05) is 36.4 Å². The molecule has 0 aliphatic rings. The molecule has 2 aromatic rings. The normalized spacial score (nSPS) is 12.7. The van der Waals surface area contributed by atoms with Crippen LogP contribution in [0.25, 0.3) is 0 Å². The van der Waals surface area contributed by atoms with E-state index in [9.17, 15) is 18.3 Å². The van der Waals surface area contributed by atoms with Gasteiger partial charge >= 0.3 is 6.18 Å². The van der Waals surface area contributed by atoms with Gasteiger partial charge in [-0.05, 0) is 30.3 Å². The lowest BCUT2D eigenvalue weighted by atomic mass is 10.1. The summed E-state index contributed by atoms with van der Waals surface area (Å²) in [5.41, 5.74) is -0.308. The van der Waals surface area contributed by atoms with Crippen molar-refractivity contribution in [3.8, 4) is 5.75 Å². The highest BCUT2D eigenvalue weighted by Crippen LogP contribution is 2.33. The average molecular weight is 329 g/mol. The minimum absolute atomic E-state index is 0.0232. The number of alkyl halides is 3. The first-order valence-electron chi connectivity index (χ1n) is 6.24. The second kappa shape index (κ2) is 6.32. The molecule has 116 valence electrons. The second-order valence-corrected chi connectivity index (χ2v) is 5.00. The molecule has 0 saturated carbocycles. The summed E-state index contributed by atoms with van der Waals surface area (Å²) in [5.74, 6) is -0.343. The Hall–Kier alpha value is -2.14. The summed E-state index contributed by atoms with van der Waals surface area (Å²) in [4.78, 5) is 0. The molecule has 22 heavy (non-hydrogen) atoms.